The standard InChI is InChI=1S/C5H12N2.CH3OSi/c1-4(6)7-5-2-3-5;1-2-3/h4-5,7H,2-3,6H2,1H3;1H3. The van der Waals surface area contributed by atoms with Crippen molar-refractivity contribution >= 4 is 10.5 Å². The molecule has 0 aromatic heterocycles. The normalized spacial score (nSPS) is 19.2. The van der Waals surface area contributed by atoms with Gasteiger partial charge in [-0.05, 0) is 19.8 Å². The first kappa shape index (κ1) is 10.1. The Morgan fingerprint density at radius 2 is 2.10 bits per heavy atom. The highest BCUT2D eigenvalue weighted by Crippen LogP contribution is 2.18. The molecule has 0 bridgehead atoms. The number of hydrogen-bond acceptors (Lipinski definition) is 3. The average Bonchev–Trinajstić information content (AvgIpc) is 2.50. The predicted octanol–water partition coefficient (Wildman–Crippen LogP) is -0.241. The van der Waals surface area contributed by atoms with Crippen molar-refractivity contribution < 1.29 is 4.43 Å². The third kappa shape index (κ3) is 8.10. The maximum absolute atomic E-state index is 5.42. The smallest absolute Gasteiger partial charge is 0.245 e. The topological polar surface area (TPSA) is 47.3 Å². The minimum atomic E-state index is 0.187. The highest BCUT2D eigenvalue weighted by molar-refractivity contribution is 5.97. The molecule has 1 aliphatic carbocycles. The Labute approximate surface area is 65.9 Å². The van der Waals surface area contributed by atoms with Crippen molar-refractivity contribution in [2.24, 2.45) is 5.73 Å². The van der Waals surface area contributed by atoms with E-state index in [0.29, 0.717) is 0 Å². The van der Waals surface area contributed by atoms with Gasteiger partial charge < -0.3 is 10.2 Å². The molecule has 0 amide bonds. The summed E-state index contributed by atoms with van der Waals surface area (Å²) < 4.78 is 4.06. The molecular formula is C6H15N2OSi. The van der Waals surface area contributed by atoms with Crippen molar-refractivity contribution in [3.63, 3.8) is 0 Å². The first-order chi connectivity index (χ1) is 4.70. The van der Waals surface area contributed by atoms with E-state index in [1.165, 1.54) is 20.0 Å². The van der Waals surface area contributed by atoms with E-state index < -0.39 is 0 Å². The van der Waals surface area contributed by atoms with Gasteiger partial charge in [0.25, 0.3) is 0 Å². The molecule has 0 saturated heterocycles. The van der Waals surface area contributed by atoms with E-state index in [1.54, 1.807) is 0 Å². The molecule has 10 heavy (non-hydrogen) atoms. The van der Waals surface area contributed by atoms with Gasteiger partial charge in [-0.2, -0.15) is 0 Å². The summed E-state index contributed by atoms with van der Waals surface area (Å²) in [6.45, 7) is 1.97. The number of hydrogen-bond donors (Lipinski definition) is 2. The molecule has 3 radical (unpaired) electrons. The van der Waals surface area contributed by atoms with Crippen LogP contribution in [0, 0.1) is 0 Å². The summed E-state index contributed by atoms with van der Waals surface area (Å²) in [6, 6.07) is 0.750. The Morgan fingerprint density at radius 1 is 1.70 bits per heavy atom. The van der Waals surface area contributed by atoms with E-state index in [9.17, 15) is 0 Å². The van der Waals surface area contributed by atoms with Crippen LogP contribution >= 0.6 is 0 Å². The summed E-state index contributed by atoms with van der Waals surface area (Å²) >= 11 is 0. The molecule has 0 aliphatic heterocycles. The lowest BCUT2D eigenvalue weighted by molar-refractivity contribution is 0.460. The van der Waals surface area contributed by atoms with E-state index in [-0.39, 0.29) is 6.17 Å². The zero-order valence-corrected chi connectivity index (χ0v) is 7.55. The summed E-state index contributed by atoms with van der Waals surface area (Å²) in [5.41, 5.74) is 5.42. The highest BCUT2D eigenvalue weighted by atomic mass is 28.2. The van der Waals surface area contributed by atoms with Crippen LogP contribution in [-0.2, 0) is 4.43 Å². The molecule has 1 atom stereocenters. The van der Waals surface area contributed by atoms with Crippen LogP contribution in [0.25, 0.3) is 0 Å². The second kappa shape index (κ2) is 5.85. The second-order valence-corrected chi connectivity index (χ2v) is 2.84. The molecule has 1 unspecified atom stereocenters. The number of rotatable bonds is 2. The van der Waals surface area contributed by atoms with Gasteiger partial charge in [-0.3, -0.25) is 5.32 Å². The van der Waals surface area contributed by atoms with Crippen LogP contribution in [0.15, 0.2) is 0 Å². The number of nitrogens with two attached hydrogens (primary N) is 1. The molecule has 1 saturated carbocycles. The number of nitrogens with one attached hydrogen (secondary N) is 1. The molecule has 1 aliphatic rings. The van der Waals surface area contributed by atoms with Gasteiger partial charge in [0.1, 0.15) is 0 Å². The largest absolute Gasteiger partial charge is 0.422 e. The summed E-state index contributed by atoms with van der Waals surface area (Å²) in [7, 11) is 4.22. The molecule has 4 heteroatoms. The van der Waals surface area contributed by atoms with Crippen molar-refractivity contribution in [1.82, 2.24) is 5.32 Å². The molecule has 1 fully saturated rings. The van der Waals surface area contributed by atoms with Gasteiger partial charge in [0, 0.05) is 13.2 Å². The summed E-state index contributed by atoms with van der Waals surface area (Å²) in [5, 5.41) is 3.19. The van der Waals surface area contributed by atoms with Gasteiger partial charge in [-0.25, -0.2) is 0 Å². The van der Waals surface area contributed by atoms with Gasteiger partial charge in [0.05, 0.1) is 6.17 Å². The van der Waals surface area contributed by atoms with Gasteiger partial charge in [-0.15, -0.1) is 0 Å². The van der Waals surface area contributed by atoms with Crippen LogP contribution in [0.3, 0.4) is 0 Å². The molecule has 0 spiro atoms. The minimum Gasteiger partial charge on any atom is -0.422 e. The van der Waals surface area contributed by atoms with Crippen molar-refractivity contribution in [2.45, 2.75) is 32.0 Å². The first-order valence-electron chi connectivity index (χ1n) is 3.42. The monoisotopic (exact) mass is 159 g/mol. The third-order valence-electron chi connectivity index (χ3n) is 1.08. The molecule has 0 aromatic carbocycles. The fourth-order valence-electron chi connectivity index (χ4n) is 0.622. The van der Waals surface area contributed by atoms with E-state index in [0.717, 1.165) is 6.04 Å². The van der Waals surface area contributed by atoms with Crippen LogP contribution in [0.1, 0.15) is 19.8 Å². The Balaban J connectivity index is 0.000000236. The Morgan fingerprint density at radius 3 is 2.20 bits per heavy atom. The van der Waals surface area contributed by atoms with Gasteiger partial charge >= 0.3 is 0 Å². The van der Waals surface area contributed by atoms with Crippen LogP contribution in [0.5, 0.6) is 0 Å². The van der Waals surface area contributed by atoms with Crippen molar-refractivity contribution in [2.75, 3.05) is 7.11 Å². The zero-order valence-electron chi connectivity index (χ0n) is 6.55. The third-order valence-corrected chi connectivity index (χ3v) is 1.08. The van der Waals surface area contributed by atoms with Gasteiger partial charge in [-0.1, -0.05) is 0 Å². The maximum atomic E-state index is 5.42. The van der Waals surface area contributed by atoms with E-state index in [1.807, 2.05) is 6.92 Å². The maximum Gasteiger partial charge on any atom is 0.245 e. The van der Waals surface area contributed by atoms with E-state index >= 15 is 0 Å². The Kier molecular flexibility index (Phi) is 5.91. The highest BCUT2D eigenvalue weighted by Gasteiger charge is 2.20. The Bertz CT molecular complexity index is 76.1. The van der Waals surface area contributed by atoms with Crippen LogP contribution in [0.2, 0.25) is 0 Å². The first-order valence-corrected chi connectivity index (χ1v) is 3.83. The molecule has 0 aromatic rings. The zero-order chi connectivity index (χ0) is 7.98. The summed E-state index contributed by atoms with van der Waals surface area (Å²) in [4.78, 5) is 0. The minimum absolute atomic E-state index is 0.187. The van der Waals surface area contributed by atoms with E-state index in [4.69, 9.17) is 5.73 Å². The lowest BCUT2D eigenvalue weighted by Crippen LogP contribution is -2.35. The van der Waals surface area contributed by atoms with Gasteiger partial charge in [0.15, 0.2) is 0 Å². The van der Waals surface area contributed by atoms with Gasteiger partial charge in [0.2, 0.25) is 10.5 Å². The predicted molar refractivity (Wildman–Crippen MR) is 42.6 cm³/mol. The molecular weight excluding hydrogens is 144 g/mol. The van der Waals surface area contributed by atoms with Crippen LogP contribution in [0.4, 0.5) is 0 Å². The molecule has 3 N–H and O–H groups in total. The lowest BCUT2D eigenvalue weighted by Gasteiger charge is -2.03. The van der Waals surface area contributed by atoms with Crippen molar-refractivity contribution in [3.05, 3.63) is 0 Å². The molecule has 1 rings (SSSR count). The fourth-order valence-corrected chi connectivity index (χ4v) is 0.622. The molecule has 3 nitrogen and oxygen atoms in total. The van der Waals surface area contributed by atoms with Crippen molar-refractivity contribution in [3.8, 4) is 0 Å². The second-order valence-electron chi connectivity index (χ2n) is 2.43. The SMILES string of the molecule is CC(N)NC1CC1.CO[Si]. The van der Waals surface area contributed by atoms with Crippen molar-refractivity contribution in [1.29, 1.82) is 0 Å². The van der Waals surface area contributed by atoms with Crippen LogP contribution < -0.4 is 11.1 Å². The summed E-state index contributed by atoms with van der Waals surface area (Å²) in [5.74, 6) is 0. The molecule has 59 valence electrons. The van der Waals surface area contributed by atoms with Crippen LogP contribution in [-0.4, -0.2) is 29.8 Å². The lowest BCUT2D eigenvalue weighted by atomic mass is 10.5. The quantitative estimate of drug-likeness (QED) is 0.432. The van der Waals surface area contributed by atoms with E-state index in [2.05, 4.69) is 20.2 Å². The average molecular weight is 159 g/mol. The molecule has 0 heterocycles. The fraction of sp³-hybridized carbons (Fsp3) is 1.00. The summed E-state index contributed by atoms with van der Waals surface area (Å²) in [6.07, 6.45) is 2.83. The Hall–Kier alpha value is 0.0969.